The summed E-state index contributed by atoms with van der Waals surface area (Å²) in [6, 6.07) is 16.8. The molecule has 4 rings (SSSR count). The minimum absolute atomic E-state index is 0.356. The molecule has 0 N–H and O–H groups in total. The highest BCUT2D eigenvalue weighted by atomic mass is 35.5. The third-order valence-corrected chi connectivity index (χ3v) is 6.63. The average Bonchev–Trinajstić information content (AvgIpc) is 2.66. The largest absolute Gasteiger partial charge is 0.253 e. The number of aryl methyl sites for hydroxylation is 1. The van der Waals surface area contributed by atoms with E-state index in [1.165, 1.54) is 40.6 Å². The Bertz CT molecular complexity index is 943. The Kier molecular flexibility index (Phi) is 4.52. The Balaban J connectivity index is 1.97. The maximum atomic E-state index is 6.36. The molecular weight excluding hydrogens is 338 g/mol. The minimum atomic E-state index is 0.356. The van der Waals surface area contributed by atoms with Crippen molar-refractivity contribution in [3.05, 3.63) is 64.8 Å². The van der Waals surface area contributed by atoms with Crippen molar-refractivity contribution in [1.82, 2.24) is 4.98 Å². The van der Waals surface area contributed by atoms with Gasteiger partial charge < -0.3 is 0 Å². The van der Waals surface area contributed by atoms with E-state index in [1.54, 1.807) is 0 Å². The van der Waals surface area contributed by atoms with Crippen molar-refractivity contribution in [2.75, 3.05) is 0 Å². The summed E-state index contributed by atoms with van der Waals surface area (Å²) in [5.74, 6) is 0.695. The van der Waals surface area contributed by atoms with Crippen LogP contribution in [0.1, 0.15) is 44.9 Å². The smallest absolute Gasteiger partial charge is 0.0712 e. The van der Waals surface area contributed by atoms with Crippen molar-refractivity contribution in [3.63, 3.8) is 0 Å². The van der Waals surface area contributed by atoms with E-state index < -0.39 is 0 Å². The highest BCUT2D eigenvalue weighted by Gasteiger charge is 2.33. The van der Waals surface area contributed by atoms with Crippen LogP contribution < -0.4 is 0 Å². The second kappa shape index (κ2) is 6.70. The van der Waals surface area contributed by atoms with Crippen molar-refractivity contribution in [3.8, 4) is 11.1 Å². The summed E-state index contributed by atoms with van der Waals surface area (Å²) in [5, 5.41) is 1.95. The predicted molar refractivity (Wildman–Crippen MR) is 112 cm³/mol. The molecule has 1 nitrogen and oxygen atoms in total. The van der Waals surface area contributed by atoms with Gasteiger partial charge in [-0.25, -0.2) is 0 Å². The zero-order chi connectivity index (χ0) is 18.3. The number of fused-ring (bicyclic) bond motifs is 2. The molecular formula is C24H26ClN. The van der Waals surface area contributed by atoms with Crippen LogP contribution >= 0.6 is 11.6 Å². The normalized spacial score (nSPS) is 17.3. The van der Waals surface area contributed by atoms with Gasteiger partial charge in [-0.05, 0) is 65.5 Å². The van der Waals surface area contributed by atoms with E-state index in [0.29, 0.717) is 11.3 Å². The van der Waals surface area contributed by atoms with Crippen LogP contribution in [-0.4, -0.2) is 4.98 Å². The zero-order valence-electron chi connectivity index (χ0n) is 15.8. The molecule has 134 valence electrons. The molecule has 2 aromatic carbocycles. The molecule has 0 saturated heterocycles. The molecule has 0 amide bonds. The second-order valence-electron chi connectivity index (χ2n) is 8.22. The van der Waals surface area contributed by atoms with Crippen LogP contribution in [0.5, 0.6) is 0 Å². The van der Waals surface area contributed by atoms with Gasteiger partial charge in [0.25, 0.3) is 0 Å². The first-order valence-corrected chi connectivity index (χ1v) is 10.0. The molecule has 1 aliphatic carbocycles. The first-order valence-electron chi connectivity index (χ1n) is 9.66. The number of aromatic nitrogens is 1. The molecule has 0 bridgehead atoms. The zero-order valence-corrected chi connectivity index (χ0v) is 16.6. The van der Waals surface area contributed by atoms with Crippen molar-refractivity contribution in [2.24, 2.45) is 11.3 Å². The van der Waals surface area contributed by atoms with E-state index in [9.17, 15) is 0 Å². The highest BCUT2D eigenvalue weighted by molar-refractivity contribution is 6.31. The lowest BCUT2D eigenvalue weighted by atomic mass is 9.68. The Morgan fingerprint density at radius 1 is 1.12 bits per heavy atom. The van der Waals surface area contributed by atoms with Gasteiger partial charge in [0, 0.05) is 16.1 Å². The second-order valence-corrected chi connectivity index (χ2v) is 8.66. The molecule has 1 atom stereocenters. The molecule has 0 saturated carbocycles. The molecule has 0 radical (unpaired) electrons. The number of benzene rings is 2. The summed E-state index contributed by atoms with van der Waals surface area (Å²) in [7, 11) is 0. The van der Waals surface area contributed by atoms with Crippen LogP contribution in [0.25, 0.3) is 22.0 Å². The van der Waals surface area contributed by atoms with Gasteiger partial charge >= 0.3 is 0 Å². The van der Waals surface area contributed by atoms with Gasteiger partial charge in [-0.3, -0.25) is 4.98 Å². The first kappa shape index (κ1) is 17.5. The van der Waals surface area contributed by atoms with Crippen LogP contribution in [0.4, 0.5) is 0 Å². The number of halogens is 1. The number of hydrogen-bond acceptors (Lipinski definition) is 1. The molecule has 0 unspecified atom stereocenters. The van der Waals surface area contributed by atoms with Gasteiger partial charge in [-0.2, -0.15) is 0 Å². The topological polar surface area (TPSA) is 12.9 Å². The quantitative estimate of drug-likeness (QED) is 0.483. The van der Waals surface area contributed by atoms with Gasteiger partial charge in [-0.15, -0.1) is 0 Å². The van der Waals surface area contributed by atoms with E-state index in [4.69, 9.17) is 16.6 Å². The summed E-state index contributed by atoms with van der Waals surface area (Å²) >= 11 is 6.36. The SMILES string of the molecule is CCC(C)(C)[C@H]1CCc2nc3ccc(Cl)cc3c(-c3ccccc3)c2C1. The summed E-state index contributed by atoms with van der Waals surface area (Å²) in [4.78, 5) is 5.03. The van der Waals surface area contributed by atoms with Crippen molar-refractivity contribution >= 4 is 22.5 Å². The molecule has 0 fully saturated rings. The van der Waals surface area contributed by atoms with Gasteiger partial charge in [0.15, 0.2) is 0 Å². The Morgan fingerprint density at radius 3 is 2.62 bits per heavy atom. The Labute approximate surface area is 161 Å². The maximum absolute atomic E-state index is 6.36. The molecule has 0 aliphatic heterocycles. The van der Waals surface area contributed by atoms with Crippen molar-refractivity contribution in [2.45, 2.75) is 46.5 Å². The predicted octanol–water partition coefficient (Wildman–Crippen LogP) is 7.10. The summed E-state index contributed by atoms with van der Waals surface area (Å²) in [5.41, 5.74) is 6.73. The summed E-state index contributed by atoms with van der Waals surface area (Å²) in [6.45, 7) is 7.14. The number of hydrogen-bond donors (Lipinski definition) is 0. The number of rotatable bonds is 3. The van der Waals surface area contributed by atoms with Crippen molar-refractivity contribution < 1.29 is 0 Å². The summed E-state index contributed by atoms with van der Waals surface area (Å²) < 4.78 is 0. The molecule has 3 aromatic rings. The lowest BCUT2D eigenvalue weighted by molar-refractivity contribution is 0.182. The van der Waals surface area contributed by atoms with E-state index in [1.807, 2.05) is 6.07 Å². The third-order valence-electron chi connectivity index (χ3n) is 6.39. The molecule has 1 aliphatic rings. The highest BCUT2D eigenvalue weighted by Crippen LogP contribution is 2.44. The fourth-order valence-corrected chi connectivity index (χ4v) is 4.47. The monoisotopic (exact) mass is 363 g/mol. The number of nitrogens with zero attached hydrogens (tertiary/aromatic N) is 1. The fraction of sp³-hybridized carbons (Fsp3) is 0.375. The summed E-state index contributed by atoms with van der Waals surface area (Å²) in [6.07, 6.45) is 4.62. The fourth-order valence-electron chi connectivity index (χ4n) is 4.30. The lowest BCUT2D eigenvalue weighted by Crippen LogP contribution is -2.29. The van der Waals surface area contributed by atoms with E-state index in [-0.39, 0.29) is 0 Å². The molecule has 2 heteroatoms. The minimum Gasteiger partial charge on any atom is -0.253 e. The average molecular weight is 364 g/mol. The van der Waals surface area contributed by atoms with E-state index >= 15 is 0 Å². The van der Waals surface area contributed by atoms with Gasteiger partial charge in [0.2, 0.25) is 0 Å². The van der Waals surface area contributed by atoms with Gasteiger partial charge in [0.05, 0.1) is 5.52 Å². The Morgan fingerprint density at radius 2 is 1.88 bits per heavy atom. The molecule has 26 heavy (non-hydrogen) atoms. The van der Waals surface area contributed by atoms with Gasteiger partial charge in [-0.1, -0.05) is 69.1 Å². The molecule has 0 spiro atoms. The Hall–Kier alpha value is -1.86. The van der Waals surface area contributed by atoms with Crippen LogP contribution in [0.15, 0.2) is 48.5 Å². The van der Waals surface area contributed by atoms with Crippen molar-refractivity contribution in [1.29, 1.82) is 0 Å². The maximum Gasteiger partial charge on any atom is 0.0712 e. The molecule has 1 heterocycles. The van der Waals surface area contributed by atoms with Crippen LogP contribution in [0, 0.1) is 11.3 Å². The van der Waals surface area contributed by atoms with Gasteiger partial charge in [0.1, 0.15) is 0 Å². The standard InChI is InChI=1S/C24H26ClN/c1-4-24(2,3)17-10-12-21-19(14-17)23(16-8-6-5-7-9-16)20-15-18(25)11-13-22(20)26-21/h5-9,11,13,15,17H,4,10,12,14H2,1-3H3/t17-/m0/s1. The van der Waals surface area contributed by atoms with E-state index in [2.05, 4.69) is 63.2 Å². The number of pyridine rings is 1. The van der Waals surface area contributed by atoms with E-state index in [0.717, 1.165) is 23.4 Å². The molecule has 1 aromatic heterocycles. The van der Waals surface area contributed by atoms with Crippen LogP contribution in [-0.2, 0) is 12.8 Å². The third kappa shape index (κ3) is 3.03. The van der Waals surface area contributed by atoms with Crippen LogP contribution in [0.3, 0.4) is 0 Å². The lowest BCUT2D eigenvalue weighted by Gasteiger charge is -2.38. The van der Waals surface area contributed by atoms with Crippen LogP contribution in [0.2, 0.25) is 5.02 Å². The first-order chi connectivity index (χ1) is 12.5.